The summed E-state index contributed by atoms with van der Waals surface area (Å²) in [6.45, 7) is 5.57. The highest BCUT2D eigenvalue weighted by atomic mass is 28.3. The van der Waals surface area contributed by atoms with Crippen molar-refractivity contribution in [3.63, 3.8) is 0 Å². The smallest absolute Gasteiger partial charge is 0.376 e. The van der Waals surface area contributed by atoms with Gasteiger partial charge in [0.05, 0.1) is 14.7 Å². The molecule has 0 radical (unpaired) electrons. The molecule has 0 aliphatic rings. The van der Waals surface area contributed by atoms with Crippen molar-refractivity contribution < 1.29 is 18.3 Å². The minimum absolute atomic E-state index is 0.0199. The van der Waals surface area contributed by atoms with Crippen LogP contribution in [0.25, 0.3) is 0 Å². The maximum Gasteiger partial charge on any atom is 0.376 e. The van der Waals surface area contributed by atoms with Crippen LogP contribution >= 0.6 is 0 Å². The van der Waals surface area contributed by atoms with Crippen LogP contribution in [-0.2, 0) is 9.53 Å². The second-order valence-electron chi connectivity index (χ2n) is 5.17. The normalized spacial score (nSPS) is 12.3. The third-order valence-corrected chi connectivity index (χ3v) is 6.59. The number of benzene rings is 1. The maximum atomic E-state index is 13.6. The number of hydrogen-bond acceptors (Lipinski definition) is 2. The number of hydrogen-bond donors (Lipinski definition) is 0. The number of carbonyl (C=O) groups is 1. The van der Waals surface area contributed by atoms with E-state index in [0.29, 0.717) is 6.04 Å². The summed E-state index contributed by atoms with van der Waals surface area (Å²) in [6.07, 6.45) is -0.444. The molecule has 0 amide bonds. The van der Waals surface area contributed by atoms with E-state index in [1.165, 1.54) is 6.92 Å². The van der Waals surface area contributed by atoms with Gasteiger partial charge in [0.2, 0.25) is 0 Å². The molecule has 1 rings (SSSR count). The molecule has 0 unspecified atom stereocenters. The van der Waals surface area contributed by atoms with E-state index in [-0.39, 0.29) is 6.61 Å². The molecule has 106 valence electrons. The van der Waals surface area contributed by atoms with Gasteiger partial charge in [0.1, 0.15) is 0 Å². The molecule has 0 atom stereocenters. The van der Waals surface area contributed by atoms with Crippen LogP contribution < -0.4 is 5.19 Å². The molecule has 0 aliphatic carbocycles. The molecule has 0 saturated heterocycles. The van der Waals surface area contributed by atoms with Gasteiger partial charge in [-0.15, -0.1) is 0 Å². The van der Waals surface area contributed by atoms with Crippen LogP contribution in [0, 0.1) is 0 Å². The molecule has 19 heavy (non-hydrogen) atoms. The summed E-state index contributed by atoms with van der Waals surface area (Å²) in [6, 6.07) is 10.0. The predicted octanol–water partition coefficient (Wildman–Crippen LogP) is 3.19. The van der Waals surface area contributed by atoms with E-state index >= 15 is 0 Å². The number of alkyl halides is 2. The van der Waals surface area contributed by atoms with E-state index in [9.17, 15) is 13.6 Å². The number of rotatable bonds is 6. The summed E-state index contributed by atoms with van der Waals surface area (Å²) in [4.78, 5) is 11.2. The summed E-state index contributed by atoms with van der Waals surface area (Å²) in [5, 5.41) is 1.12. The predicted molar refractivity (Wildman–Crippen MR) is 74.6 cm³/mol. The Morgan fingerprint density at radius 3 is 2.37 bits per heavy atom. The molecule has 0 fully saturated rings. The average molecular weight is 286 g/mol. The first-order chi connectivity index (χ1) is 8.79. The molecule has 0 N–H and O–H groups in total. The standard InChI is InChI=1S/C14H20F2O2Si/c1-4-18-13(17)14(15,16)10-11-19(2,3)12-8-6-5-7-9-12/h5-9H,4,10-11H2,1-3H3. The Balaban J connectivity index is 2.67. The Bertz CT molecular complexity index is 419. The first kappa shape index (κ1) is 15.8. The van der Waals surface area contributed by atoms with Crippen LogP contribution in [0.1, 0.15) is 13.3 Å². The Kier molecular flexibility index (Phi) is 5.23. The molecule has 0 aliphatic heterocycles. The van der Waals surface area contributed by atoms with Crippen LogP contribution in [0.15, 0.2) is 30.3 Å². The fourth-order valence-corrected chi connectivity index (χ4v) is 4.16. The van der Waals surface area contributed by atoms with E-state index in [1.54, 1.807) is 0 Å². The second-order valence-corrected chi connectivity index (χ2v) is 10.0. The van der Waals surface area contributed by atoms with Crippen molar-refractivity contribution >= 4 is 19.2 Å². The lowest BCUT2D eigenvalue weighted by molar-refractivity contribution is -0.171. The van der Waals surface area contributed by atoms with E-state index in [0.717, 1.165) is 5.19 Å². The molecule has 1 aromatic carbocycles. The van der Waals surface area contributed by atoms with Crippen molar-refractivity contribution in [1.29, 1.82) is 0 Å². The van der Waals surface area contributed by atoms with Crippen molar-refractivity contribution in [1.82, 2.24) is 0 Å². The van der Waals surface area contributed by atoms with Gasteiger partial charge >= 0.3 is 11.9 Å². The molecule has 0 saturated carbocycles. The quantitative estimate of drug-likeness (QED) is 0.593. The maximum absolute atomic E-state index is 13.6. The van der Waals surface area contributed by atoms with Gasteiger partial charge in [0, 0.05) is 6.42 Å². The third kappa shape index (κ3) is 4.42. The first-order valence-corrected chi connectivity index (χ1v) is 9.61. The molecule has 2 nitrogen and oxygen atoms in total. The van der Waals surface area contributed by atoms with E-state index in [2.05, 4.69) is 4.74 Å². The number of esters is 1. The van der Waals surface area contributed by atoms with Crippen molar-refractivity contribution in [2.24, 2.45) is 0 Å². The second kappa shape index (κ2) is 6.28. The fourth-order valence-electron chi connectivity index (χ4n) is 1.84. The lowest BCUT2D eigenvalue weighted by Crippen LogP contribution is -2.43. The highest BCUT2D eigenvalue weighted by molar-refractivity contribution is 6.89. The van der Waals surface area contributed by atoms with E-state index in [4.69, 9.17) is 0 Å². The Hall–Kier alpha value is -1.23. The van der Waals surface area contributed by atoms with Crippen LogP contribution in [-0.4, -0.2) is 26.6 Å². The minimum Gasteiger partial charge on any atom is -0.462 e. The zero-order valence-corrected chi connectivity index (χ0v) is 12.6. The molecule has 1 aromatic rings. The van der Waals surface area contributed by atoms with Crippen molar-refractivity contribution in [3.8, 4) is 0 Å². The van der Waals surface area contributed by atoms with Crippen molar-refractivity contribution in [2.45, 2.75) is 38.4 Å². The molecule has 0 bridgehead atoms. The zero-order valence-electron chi connectivity index (χ0n) is 11.6. The van der Waals surface area contributed by atoms with Gasteiger partial charge in [-0.05, 0) is 13.0 Å². The number of carbonyl (C=O) groups excluding carboxylic acids is 1. The minimum atomic E-state index is -3.38. The summed E-state index contributed by atoms with van der Waals surface area (Å²) in [5.74, 6) is -4.79. The first-order valence-electron chi connectivity index (χ1n) is 6.40. The lowest BCUT2D eigenvalue weighted by Gasteiger charge is -2.25. The zero-order chi connectivity index (χ0) is 14.5. The molecule has 0 aromatic heterocycles. The van der Waals surface area contributed by atoms with Crippen molar-refractivity contribution in [3.05, 3.63) is 30.3 Å². The number of halogens is 2. The van der Waals surface area contributed by atoms with Gasteiger partial charge in [-0.25, -0.2) is 4.79 Å². The average Bonchev–Trinajstić information content (AvgIpc) is 2.38. The van der Waals surface area contributed by atoms with Crippen LogP contribution in [0.5, 0.6) is 0 Å². The van der Waals surface area contributed by atoms with Gasteiger partial charge in [0.25, 0.3) is 0 Å². The van der Waals surface area contributed by atoms with Gasteiger partial charge < -0.3 is 4.74 Å². The van der Waals surface area contributed by atoms with Gasteiger partial charge in [0.15, 0.2) is 0 Å². The van der Waals surface area contributed by atoms with Gasteiger partial charge in [-0.3, -0.25) is 0 Å². The summed E-state index contributed by atoms with van der Waals surface area (Å²) < 4.78 is 31.6. The number of ether oxygens (including phenoxy) is 1. The molecule has 5 heteroatoms. The SMILES string of the molecule is CCOC(=O)C(F)(F)CC[Si](C)(C)c1ccccc1. The molecule has 0 heterocycles. The monoisotopic (exact) mass is 286 g/mol. The molecule has 0 spiro atoms. The third-order valence-electron chi connectivity index (χ3n) is 3.19. The highest BCUT2D eigenvalue weighted by Crippen LogP contribution is 2.26. The van der Waals surface area contributed by atoms with Gasteiger partial charge in [-0.2, -0.15) is 8.78 Å². The van der Waals surface area contributed by atoms with E-state index in [1.807, 2.05) is 43.4 Å². The van der Waals surface area contributed by atoms with Crippen LogP contribution in [0.3, 0.4) is 0 Å². The Labute approximate surface area is 113 Å². The lowest BCUT2D eigenvalue weighted by atomic mass is 10.3. The van der Waals surface area contributed by atoms with Crippen molar-refractivity contribution in [2.75, 3.05) is 6.61 Å². The van der Waals surface area contributed by atoms with E-state index < -0.39 is 26.4 Å². The summed E-state index contributed by atoms with van der Waals surface area (Å²) >= 11 is 0. The fraction of sp³-hybridized carbons (Fsp3) is 0.500. The largest absolute Gasteiger partial charge is 0.462 e. The highest BCUT2D eigenvalue weighted by Gasteiger charge is 2.42. The summed E-state index contributed by atoms with van der Waals surface area (Å²) in [5.41, 5.74) is 0. The molecular formula is C14H20F2O2Si. The topological polar surface area (TPSA) is 26.3 Å². The summed E-state index contributed by atoms with van der Waals surface area (Å²) in [7, 11) is -1.95. The molecular weight excluding hydrogens is 266 g/mol. The van der Waals surface area contributed by atoms with Crippen LogP contribution in [0.2, 0.25) is 19.1 Å². The Morgan fingerprint density at radius 1 is 1.26 bits per heavy atom. The van der Waals surface area contributed by atoms with Crippen LogP contribution in [0.4, 0.5) is 8.78 Å². The van der Waals surface area contributed by atoms with Gasteiger partial charge in [-0.1, -0.05) is 48.6 Å². The Morgan fingerprint density at radius 2 is 1.84 bits per heavy atom.